The monoisotopic (exact) mass is 240 g/mol. The van der Waals surface area contributed by atoms with Gasteiger partial charge in [-0.2, -0.15) is 0 Å². The summed E-state index contributed by atoms with van der Waals surface area (Å²) in [5.41, 5.74) is 6.27. The van der Waals surface area contributed by atoms with E-state index in [0.717, 1.165) is 19.5 Å². The first-order chi connectivity index (χ1) is 7.89. The first kappa shape index (κ1) is 14.5. The van der Waals surface area contributed by atoms with Crippen molar-refractivity contribution in [3.05, 3.63) is 0 Å². The zero-order valence-corrected chi connectivity index (χ0v) is 11.8. The van der Waals surface area contributed by atoms with Crippen LogP contribution in [0.25, 0.3) is 0 Å². The van der Waals surface area contributed by atoms with Crippen molar-refractivity contribution < 1.29 is 4.79 Å². The Morgan fingerprint density at radius 3 is 2.65 bits per heavy atom. The minimum absolute atomic E-state index is 0.141. The maximum absolute atomic E-state index is 12.2. The van der Waals surface area contributed by atoms with E-state index < -0.39 is 0 Å². The molecule has 1 aliphatic rings. The second-order valence-electron chi connectivity index (χ2n) is 6.19. The Morgan fingerprint density at radius 1 is 1.47 bits per heavy atom. The molecule has 2 atom stereocenters. The van der Waals surface area contributed by atoms with E-state index in [2.05, 4.69) is 13.8 Å². The third kappa shape index (κ3) is 3.70. The average molecular weight is 240 g/mol. The molecule has 0 aromatic rings. The minimum atomic E-state index is -0.334. The summed E-state index contributed by atoms with van der Waals surface area (Å²) in [5.74, 6) is 0.365. The van der Waals surface area contributed by atoms with Crippen molar-refractivity contribution >= 4 is 5.91 Å². The van der Waals surface area contributed by atoms with Gasteiger partial charge in [-0.05, 0) is 30.6 Å². The molecule has 0 bridgehead atoms. The minimum Gasteiger partial charge on any atom is -0.341 e. The fraction of sp³-hybridized carbons (Fsp3) is 0.929. The lowest BCUT2D eigenvalue weighted by atomic mass is 9.78. The Bertz CT molecular complexity index is 261. The lowest BCUT2D eigenvalue weighted by molar-refractivity contribution is -0.137. The van der Waals surface area contributed by atoms with Gasteiger partial charge in [-0.15, -0.1) is 0 Å². The molecule has 1 unspecified atom stereocenters. The van der Waals surface area contributed by atoms with E-state index in [0.29, 0.717) is 5.41 Å². The summed E-state index contributed by atoms with van der Waals surface area (Å²) < 4.78 is 0. The van der Waals surface area contributed by atoms with Crippen molar-refractivity contribution in [3.8, 4) is 0 Å². The van der Waals surface area contributed by atoms with Crippen LogP contribution in [0, 0.1) is 11.3 Å². The zero-order valence-electron chi connectivity index (χ0n) is 11.8. The number of nitrogens with zero attached hydrogens (tertiary/aromatic N) is 1. The summed E-state index contributed by atoms with van der Waals surface area (Å²) >= 11 is 0. The van der Waals surface area contributed by atoms with E-state index in [1.807, 2.05) is 18.7 Å². The van der Waals surface area contributed by atoms with Gasteiger partial charge in [0.1, 0.15) is 0 Å². The number of hydrogen-bond donors (Lipinski definition) is 1. The maximum atomic E-state index is 12.2. The summed E-state index contributed by atoms with van der Waals surface area (Å²) in [6, 6.07) is -0.334. The summed E-state index contributed by atoms with van der Waals surface area (Å²) in [6.07, 6.45) is 4.75. The van der Waals surface area contributed by atoms with E-state index in [-0.39, 0.29) is 17.9 Å². The van der Waals surface area contributed by atoms with Gasteiger partial charge >= 0.3 is 0 Å². The first-order valence-electron chi connectivity index (χ1n) is 6.94. The van der Waals surface area contributed by atoms with E-state index in [1.165, 1.54) is 19.3 Å². The van der Waals surface area contributed by atoms with Gasteiger partial charge < -0.3 is 10.6 Å². The van der Waals surface area contributed by atoms with Crippen molar-refractivity contribution in [1.82, 2.24) is 4.90 Å². The van der Waals surface area contributed by atoms with E-state index in [1.54, 1.807) is 0 Å². The van der Waals surface area contributed by atoms with E-state index >= 15 is 0 Å². The topological polar surface area (TPSA) is 46.3 Å². The summed E-state index contributed by atoms with van der Waals surface area (Å²) in [5, 5.41) is 0. The number of hydrogen-bond acceptors (Lipinski definition) is 2. The summed E-state index contributed by atoms with van der Waals surface area (Å²) in [7, 11) is 0. The van der Waals surface area contributed by atoms with Crippen molar-refractivity contribution in [2.24, 2.45) is 17.1 Å². The smallest absolute Gasteiger partial charge is 0.239 e. The molecule has 0 radical (unpaired) electrons. The van der Waals surface area contributed by atoms with Crippen LogP contribution in [0.4, 0.5) is 0 Å². The van der Waals surface area contributed by atoms with Crippen LogP contribution in [0.15, 0.2) is 0 Å². The van der Waals surface area contributed by atoms with Gasteiger partial charge in [0.2, 0.25) is 5.91 Å². The number of carbonyl (C=O) groups is 1. The number of piperidine rings is 1. The van der Waals surface area contributed by atoms with Crippen molar-refractivity contribution in [2.45, 2.75) is 59.4 Å². The van der Waals surface area contributed by atoms with Crippen molar-refractivity contribution in [1.29, 1.82) is 0 Å². The molecule has 1 saturated heterocycles. The lowest BCUT2D eigenvalue weighted by Crippen LogP contribution is -2.52. The van der Waals surface area contributed by atoms with Crippen LogP contribution in [0.2, 0.25) is 0 Å². The van der Waals surface area contributed by atoms with Gasteiger partial charge in [-0.3, -0.25) is 4.79 Å². The quantitative estimate of drug-likeness (QED) is 0.820. The number of amides is 1. The van der Waals surface area contributed by atoms with Gasteiger partial charge in [0.15, 0.2) is 0 Å². The SMILES string of the molecule is CCCC1(C)CCCN(C(=O)[C@@H](N)C(C)C)C1. The molecule has 1 heterocycles. The Labute approximate surface area is 106 Å². The first-order valence-corrected chi connectivity index (χ1v) is 6.94. The highest BCUT2D eigenvalue weighted by Gasteiger charge is 2.34. The Morgan fingerprint density at radius 2 is 2.12 bits per heavy atom. The zero-order chi connectivity index (χ0) is 13.1. The van der Waals surface area contributed by atoms with Gasteiger partial charge in [0, 0.05) is 13.1 Å². The highest BCUT2D eigenvalue weighted by atomic mass is 16.2. The molecular formula is C14H28N2O. The molecule has 0 saturated carbocycles. The van der Waals surface area contributed by atoms with Crippen molar-refractivity contribution in [2.75, 3.05) is 13.1 Å². The van der Waals surface area contributed by atoms with Gasteiger partial charge in [-0.1, -0.05) is 34.1 Å². The summed E-state index contributed by atoms with van der Waals surface area (Å²) in [4.78, 5) is 14.2. The van der Waals surface area contributed by atoms with Gasteiger partial charge in [-0.25, -0.2) is 0 Å². The Hall–Kier alpha value is -0.570. The Kier molecular flexibility index (Phi) is 4.99. The molecule has 100 valence electrons. The maximum Gasteiger partial charge on any atom is 0.239 e. The Balaban J connectivity index is 2.63. The highest BCUT2D eigenvalue weighted by Crippen LogP contribution is 2.34. The average Bonchev–Trinajstić information content (AvgIpc) is 2.26. The fourth-order valence-electron chi connectivity index (χ4n) is 2.81. The molecule has 1 rings (SSSR count). The van der Waals surface area contributed by atoms with Crippen LogP contribution in [-0.4, -0.2) is 29.9 Å². The second-order valence-corrected chi connectivity index (χ2v) is 6.19. The van der Waals surface area contributed by atoms with Crippen LogP contribution >= 0.6 is 0 Å². The molecule has 1 aliphatic heterocycles. The van der Waals surface area contributed by atoms with Gasteiger partial charge in [0.05, 0.1) is 6.04 Å². The van der Waals surface area contributed by atoms with Crippen LogP contribution in [0.5, 0.6) is 0 Å². The molecule has 17 heavy (non-hydrogen) atoms. The van der Waals surface area contributed by atoms with E-state index in [9.17, 15) is 4.79 Å². The molecule has 1 fully saturated rings. The van der Waals surface area contributed by atoms with E-state index in [4.69, 9.17) is 5.73 Å². The normalized spacial score (nSPS) is 27.3. The predicted molar refractivity (Wildman–Crippen MR) is 71.6 cm³/mol. The van der Waals surface area contributed by atoms with Crippen LogP contribution < -0.4 is 5.73 Å². The molecule has 0 spiro atoms. The van der Waals surface area contributed by atoms with Crippen LogP contribution in [0.3, 0.4) is 0 Å². The standard InChI is InChI=1S/C14H28N2O/c1-5-7-14(4)8-6-9-16(10-14)13(17)12(15)11(2)3/h11-12H,5-10,15H2,1-4H3/t12-,14?/m0/s1. The third-order valence-electron chi connectivity index (χ3n) is 3.95. The molecule has 0 aromatic carbocycles. The molecule has 0 aliphatic carbocycles. The largest absolute Gasteiger partial charge is 0.341 e. The van der Waals surface area contributed by atoms with Crippen LogP contribution in [-0.2, 0) is 4.79 Å². The molecule has 0 aromatic heterocycles. The number of nitrogens with two attached hydrogens (primary N) is 1. The van der Waals surface area contributed by atoms with Gasteiger partial charge in [0.25, 0.3) is 0 Å². The predicted octanol–water partition coefficient (Wildman–Crippen LogP) is 2.40. The molecule has 3 heteroatoms. The fourth-order valence-corrected chi connectivity index (χ4v) is 2.81. The lowest BCUT2D eigenvalue weighted by Gasteiger charge is -2.41. The molecule has 3 nitrogen and oxygen atoms in total. The molecule has 1 amide bonds. The third-order valence-corrected chi connectivity index (χ3v) is 3.95. The number of rotatable bonds is 4. The van der Waals surface area contributed by atoms with Crippen molar-refractivity contribution in [3.63, 3.8) is 0 Å². The number of carbonyl (C=O) groups excluding carboxylic acids is 1. The molecular weight excluding hydrogens is 212 g/mol. The summed E-state index contributed by atoms with van der Waals surface area (Å²) in [6.45, 7) is 10.3. The highest BCUT2D eigenvalue weighted by molar-refractivity contribution is 5.82. The molecule has 2 N–H and O–H groups in total. The number of likely N-dealkylation sites (tertiary alicyclic amines) is 1. The van der Waals surface area contributed by atoms with Crippen LogP contribution in [0.1, 0.15) is 53.4 Å². The second kappa shape index (κ2) is 5.85.